The first-order valence-electron chi connectivity index (χ1n) is 6.10. The minimum atomic E-state index is -0.554. The average Bonchev–Trinajstić information content (AvgIpc) is 2.81. The van der Waals surface area contributed by atoms with Crippen molar-refractivity contribution >= 4 is 23.1 Å². The summed E-state index contributed by atoms with van der Waals surface area (Å²) in [5, 5.41) is 2.24. The molecule has 0 aliphatic carbocycles. The molecule has 1 N–H and O–H groups in total. The Morgan fingerprint density at radius 1 is 1.05 bits per heavy atom. The Hall–Kier alpha value is -2.08. The number of aromatic amines is 1. The van der Waals surface area contributed by atoms with Crippen molar-refractivity contribution in [2.45, 2.75) is 27.7 Å². The van der Waals surface area contributed by atoms with E-state index in [0.29, 0.717) is 10.9 Å². The van der Waals surface area contributed by atoms with Crippen LogP contribution in [0.3, 0.4) is 0 Å². The SMILES string of the molecule is C#C.C/C=c1\c(=C/C)[nH]c2c(F)cc(F)cc12.CC. The fraction of sp³-hybridized carbons (Fsp3) is 0.250. The molecule has 0 unspecified atom stereocenters. The van der Waals surface area contributed by atoms with Gasteiger partial charge in [0.1, 0.15) is 11.6 Å². The predicted molar refractivity (Wildman–Crippen MR) is 79.0 cm³/mol. The summed E-state index contributed by atoms with van der Waals surface area (Å²) in [6.07, 6.45) is 11.7. The van der Waals surface area contributed by atoms with Crippen molar-refractivity contribution in [3.05, 3.63) is 34.3 Å². The molecule has 1 aromatic heterocycles. The quantitative estimate of drug-likeness (QED) is 0.702. The molecule has 0 bridgehead atoms. The van der Waals surface area contributed by atoms with Gasteiger partial charge in [-0.15, -0.1) is 12.8 Å². The van der Waals surface area contributed by atoms with E-state index in [1.54, 1.807) is 0 Å². The van der Waals surface area contributed by atoms with Gasteiger partial charge in [0.05, 0.1) is 5.52 Å². The maximum Gasteiger partial charge on any atom is 0.150 e. The van der Waals surface area contributed by atoms with Crippen molar-refractivity contribution in [3.63, 3.8) is 0 Å². The first kappa shape index (κ1) is 16.9. The summed E-state index contributed by atoms with van der Waals surface area (Å²) in [7, 11) is 0. The fourth-order valence-electron chi connectivity index (χ4n) is 1.80. The standard InChI is InChI=1S/C12H11F2N.C2H6.C2H2/c1-3-8-9-5-7(13)6-10(14)12(9)15-11(8)4-2;2*1-2/h3-6,15H,1-2H3;1-2H3;1-2H/b8-3-,11-4+;;. The molecule has 1 nitrogen and oxygen atoms in total. The molecule has 0 amide bonds. The van der Waals surface area contributed by atoms with Gasteiger partial charge in [-0.3, -0.25) is 0 Å². The Labute approximate surface area is 112 Å². The maximum absolute atomic E-state index is 13.4. The molecule has 2 rings (SSSR count). The minimum absolute atomic E-state index is 0.359. The molecule has 0 spiro atoms. The van der Waals surface area contributed by atoms with Crippen molar-refractivity contribution in [3.8, 4) is 12.8 Å². The zero-order valence-electron chi connectivity index (χ0n) is 11.7. The van der Waals surface area contributed by atoms with E-state index < -0.39 is 11.6 Å². The van der Waals surface area contributed by atoms with E-state index in [0.717, 1.165) is 16.6 Å². The number of hydrogen-bond donors (Lipinski definition) is 1. The molecule has 0 atom stereocenters. The predicted octanol–water partition coefficient (Wildman–Crippen LogP) is 3.32. The van der Waals surface area contributed by atoms with Gasteiger partial charge in [-0.05, 0) is 19.9 Å². The Morgan fingerprint density at radius 3 is 2.11 bits per heavy atom. The molecule has 0 aliphatic rings. The van der Waals surface area contributed by atoms with Crippen molar-refractivity contribution in [1.29, 1.82) is 0 Å². The molecule has 0 saturated heterocycles. The molecule has 102 valence electrons. The number of halogens is 2. The second-order valence-corrected chi connectivity index (χ2v) is 3.34. The number of hydrogen-bond acceptors (Lipinski definition) is 0. The van der Waals surface area contributed by atoms with Crippen molar-refractivity contribution in [1.82, 2.24) is 4.98 Å². The van der Waals surface area contributed by atoms with Gasteiger partial charge < -0.3 is 4.98 Å². The monoisotopic (exact) mass is 263 g/mol. The zero-order chi connectivity index (χ0) is 15.0. The molecule has 0 saturated carbocycles. The lowest BCUT2D eigenvalue weighted by Gasteiger charge is -1.92. The first-order valence-corrected chi connectivity index (χ1v) is 6.10. The third-order valence-corrected chi connectivity index (χ3v) is 2.47. The van der Waals surface area contributed by atoms with Crippen LogP contribution in [0.1, 0.15) is 27.7 Å². The van der Waals surface area contributed by atoms with Crippen LogP contribution < -0.4 is 10.6 Å². The topological polar surface area (TPSA) is 15.8 Å². The number of rotatable bonds is 0. The van der Waals surface area contributed by atoms with E-state index in [4.69, 9.17) is 0 Å². The highest BCUT2D eigenvalue weighted by molar-refractivity contribution is 5.81. The molecule has 3 heteroatoms. The van der Waals surface area contributed by atoms with Crippen molar-refractivity contribution in [2.24, 2.45) is 0 Å². The van der Waals surface area contributed by atoms with E-state index in [-0.39, 0.29) is 0 Å². The molecule has 0 radical (unpaired) electrons. The molecule has 2 aromatic rings. The Bertz CT molecular complexity index is 663. The third kappa shape index (κ3) is 3.45. The summed E-state index contributed by atoms with van der Waals surface area (Å²) in [4.78, 5) is 2.93. The molecule has 0 fully saturated rings. The normalized spacial score (nSPS) is 11.6. The minimum Gasteiger partial charge on any atom is -0.352 e. The fourth-order valence-corrected chi connectivity index (χ4v) is 1.80. The van der Waals surface area contributed by atoms with E-state index in [1.807, 2.05) is 39.8 Å². The molecule has 0 aliphatic heterocycles. The van der Waals surface area contributed by atoms with Crippen LogP contribution in [-0.2, 0) is 0 Å². The highest BCUT2D eigenvalue weighted by Gasteiger charge is 2.07. The first-order chi connectivity index (χ1) is 9.17. The summed E-state index contributed by atoms with van der Waals surface area (Å²) < 4.78 is 26.5. The van der Waals surface area contributed by atoms with Crippen molar-refractivity contribution < 1.29 is 8.78 Å². The van der Waals surface area contributed by atoms with Crippen LogP contribution in [0.15, 0.2) is 12.1 Å². The summed E-state index contributed by atoms with van der Waals surface area (Å²) in [6, 6.07) is 2.23. The van der Waals surface area contributed by atoms with Gasteiger partial charge in [-0.25, -0.2) is 8.78 Å². The van der Waals surface area contributed by atoms with Crippen LogP contribution in [0.4, 0.5) is 8.78 Å². The molecular weight excluding hydrogens is 244 g/mol. The number of nitrogens with one attached hydrogen (secondary N) is 1. The maximum atomic E-state index is 13.4. The van der Waals surface area contributed by atoms with Gasteiger partial charge in [0.15, 0.2) is 0 Å². The molecule has 19 heavy (non-hydrogen) atoms. The Morgan fingerprint density at radius 2 is 1.63 bits per heavy atom. The lowest BCUT2D eigenvalue weighted by molar-refractivity contribution is 0.591. The van der Waals surface area contributed by atoms with Crippen LogP contribution in [-0.4, -0.2) is 4.98 Å². The molecule has 1 aromatic carbocycles. The number of H-pyrrole nitrogens is 1. The highest BCUT2D eigenvalue weighted by Crippen LogP contribution is 2.13. The number of aromatic nitrogens is 1. The van der Waals surface area contributed by atoms with Crippen LogP contribution in [0.2, 0.25) is 0 Å². The van der Waals surface area contributed by atoms with E-state index in [1.165, 1.54) is 6.07 Å². The van der Waals surface area contributed by atoms with Crippen LogP contribution in [0.5, 0.6) is 0 Å². The number of terminal acetylenes is 1. The smallest absolute Gasteiger partial charge is 0.150 e. The second-order valence-electron chi connectivity index (χ2n) is 3.34. The van der Waals surface area contributed by atoms with Gasteiger partial charge in [0, 0.05) is 22.0 Å². The Balaban J connectivity index is 0.000000741. The second kappa shape index (κ2) is 8.10. The molecular formula is C16H19F2N. The lowest BCUT2D eigenvalue weighted by Crippen LogP contribution is -2.21. The lowest BCUT2D eigenvalue weighted by atomic mass is 10.2. The van der Waals surface area contributed by atoms with Gasteiger partial charge >= 0.3 is 0 Å². The number of fused-ring (bicyclic) bond motifs is 1. The van der Waals surface area contributed by atoms with Gasteiger partial charge in [-0.2, -0.15) is 0 Å². The largest absolute Gasteiger partial charge is 0.352 e. The van der Waals surface area contributed by atoms with Crippen molar-refractivity contribution in [2.75, 3.05) is 0 Å². The third-order valence-electron chi connectivity index (χ3n) is 2.47. The van der Waals surface area contributed by atoms with E-state index in [2.05, 4.69) is 17.8 Å². The van der Waals surface area contributed by atoms with Crippen LogP contribution in [0.25, 0.3) is 23.1 Å². The van der Waals surface area contributed by atoms with E-state index in [9.17, 15) is 8.78 Å². The van der Waals surface area contributed by atoms with Gasteiger partial charge in [0.2, 0.25) is 0 Å². The average molecular weight is 263 g/mol. The summed E-state index contributed by atoms with van der Waals surface area (Å²) in [5.74, 6) is -1.11. The Kier molecular flexibility index (Phi) is 7.21. The van der Waals surface area contributed by atoms with E-state index >= 15 is 0 Å². The summed E-state index contributed by atoms with van der Waals surface area (Å²) in [5.41, 5.74) is 0.359. The van der Waals surface area contributed by atoms with Crippen LogP contribution >= 0.6 is 0 Å². The van der Waals surface area contributed by atoms with Gasteiger partial charge in [0.25, 0.3) is 0 Å². The summed E-state index contributed by atoms with van der Waals surface area (Å²) >= 11 is 0. The highest BCUT2D eigenvalue weighted by atomic mass is 19.1. The molecule has 1 heterocycles. The summed E-state index contributed by atoms with van der Waals surface area (Å²) in [6.45, 7) is 7.70. The number of benzene rings is 1. The zero-order valence-corrected chi connectivity index (χ0v) is 11.7. The van der Waals surface area contributed by atoms with Gasteiger partial charge in [-0.1, -0.05) is 26.0 Å². The van der Waals surface area contributed by atoms with Crippen LogP contribution in [0, 0.1) is 24.5 Å².